The molecule has 0 saturated heterocycles. The predicted octanol–water partition coefficient (Wildman–Crippen LogP) is 5.78. The zero-order valence-corrected chi connectivity index (χ0v) is 24.4. The first-order valence-corrected chi connectivity index (χ1v) is 13.8. The Labute approximate surface area is 252 Å². The van der Waals surface area contributed by atoms with Gasteiger partial charge in [0.25, 0.3) is 0 Å². The van der Waals surface area contributed by atoms with Gasteiger partial charge in [0.05, 0.1) is 0 Å². The minimum atomic E-state index is -0.148. The molecule has 1 heterocycles. The number of aromatic nitrogens is 3. The van der Waals surface area contributed by atoms with Crippen LogP contribution in [0.1, 0.15) is 0 Å². The normalized spacial score (nSPS) is 16.3. The fraction of sp³-hybridized carbons (Fsp3) is 0. The van der Waals surface area contributed by atoms with Crippen molar-refractivity contribution in [1.29, 1.82) is 0 Å². The SMILES string of the molecule is O=C1C=CC(Br)=C/C1=C\NNc1nc(NN/C=C2\C=C(Br)C=CC2=O)nc(N(c2ccccc2)c2ccccc2)n1. The summed E-state index contributed by atoms with van der Waals surface area (Å²) in [5.74, 6) is 0.352. The van der Waals surface area contributed by atoms with Crippen LogP contribution >= 0.6 is 31.9 Å². The van der Waals surface area contributed by atoms with E-state index in [4.69, 9.17) is 0 Å². The third kappa shape index (κ3) is 7.24. The highest BCUT2D eigenvalue weighted by molar-refractivity contribution is 9.12. The van der Waals surface area contributed by atoms with E-state index in [9.17, 15) is 9.59 Å². The molecule has 4 N–H and O–H groups in total. The summed E-state index contributed by atoms with van der Waals surface area (Å²) in [5.41, 5.74) is 14.1. The van der Waals surface area contributed by atoms with Crippen molar-refractivity contribution >= 4 is 72.6 Å². The third-order valence-electron chi connectivity index (χ3n) is 5.62. The first-order valence-electron chi connectivity index (χ1n) is 12.3. The van der Waals surface area contributed by atoms with E-state index in [0.717, 1.165) is 20.3 Å². The fourth-order valence-electron chi connectivity index (χ4n) is 3.73. The van der Waals surface area contributed by atoms with Crippen molar-refractivity contribution in [2.24, 2.45) is 0 Å². The molecule has 2 aromatic carbocycles. The summed E-state index contributed by atoms with van der Waals surface area (Å²) in [5, 5.41) is 0. The van der Waals surface area contributed by atoms with E-state index in [1.807, 2.05) is 65.6 Å². The Morgan fingerprint density at radius 1 is 0.610 bits per heavy atom. The van der Waals surface area contributed by atoms with Gasteiger partial charge in [-0.25, -0.2) is 0 Å². The Bertz CT molecular complexity index is 1530. The first-order chi connectivity index (χ1) is 20.0. The second kappa shape index (κ2) is 13.0. The van der Waals surface area contributed by atoms with Crippen LogP contribution in [0.5, 0.6) is 0 Å². The number of nitrogens with zero attached hydrogens (tertiary/aromatic N) is 4. The molecule has 3 aromatic rings. The van der Waals surface area contributed by atoms with Gasteiger partial charge in [0.1, 0.15) is 0 Å². The number of hydrogen-bond donors (Lipinski definition) is 4. The summed E-state index contributed by atoms with van der Waals surface area (Å²) >= 11 is 6.75. The van der Waals surface area contributed by atoms with Gasteiger partial charge in [0, 0.05) is 43.9 Å². The van der Waals surface area contributed by atoms with Crippen molar-refractivity contribution in [2.75, 3.05) is 15.8 Å². The Morgan fingerprint density at radius 2 is 1.05 bits per heavy atom. The van der Waals surface area contributed by atoms with Gasteiger partial charge < -0.3 is 10.9 Å². The number of allylic oxidation sites excluding steroid dienone is 10. The maximum Gasteiger partial charge on any atom is 0.248 e. The van der Waals surface area contributed by atoms with Crippen LogP contribution < -0.4 is 26.6 Å². The smallest absolute Gasteiger partial charge is 0.248 e. The van der Waals surface area contributed by atoms with Gasteiger partial charge in [-0.2, -0.15) is 15.0 Å². The van der Waals surface area contributed by atoms with E-state index < -0.39 is 0 Å². The average Bonchev–Trinajstić information content (AvgIpc) is 2.98. The zero-order valence-electron chi connectivity index (χ0n) is 21.3. The monoisotopic (exact) mass is 672 g/mol. The van der Waals surface area contributed by atoms with Gasteiger partial charge in [0.15, 0.2) is 11.6 Å². The lowest BCUT2D eigenvalue weighted by atomic mass is 10.1. The molecule has 204 valence electrons. The number of anilines is 5. The lowest BCUT2D eigenvalue weighted by Crippen LogP contribution is -2.24. The van der Waals surface area contributed by atoms with Crippen LogP contribution in [0.4, 0.5) is 29.2 Å². The van der Waals surface area contributed by atoms with Crippen LogP contribution in [0.15, 0.2) is 130 Å². The van der Waals surface area contributed by atoms with E-state index >= 15 is 0 Å². The predicted molar refractivity (Wildman–Crippen MR) is 167 cm³/mol. The lowest BCUT2D eigenvalue weighted by Gasteiger charge is -2.23. The lowest BCUT2D eigenvalue weighted by molar-refractivity contribution is -0.111. The molecule has 2 aliphatic carbocycles. The number of rotatable bonds is 9. The highest BCUT2D eigenvalue weighted by atomic mass is 79.9. The summed E-state index contributed by atoms with van der Waals surface area (Å²) in [6, 6.07) is 19.3. The zero-order chi connectivity index (χ0) is 28.6. The Kier molecular flexibility index (Phi) is 8.82. The van der Waals surface area contributed by atoms with Gasteiger partial charge >= 0.3 is 0 Å². The van der Waals surface area contributed by atoms with Gasteiger partial charge in [-0.1, -0.05) is 68.3 Å². The van der Waals surface area contributed by atoms with Gasteiger partial charge in [0.2, 0.25) is 17.8 Å². The highest BCUT2D eigenvalue weighted by Gasteiger charge is 2.18. The molecule has 0 radical (unpaired) electrons. The van der Waals surface area contributed by atoms with Gasteiger partial charge in [-0.05, 0) is 60.7 Å². The van der Waals surface area contributed by atoms with Gasteiger partial charge in [-0.3, -0.25) is 25.3 Å². The molecule has 0 fully saturated rings. The fourth-order valence-corrected chi connectivity index (χ4v) is 4.49. The number of carbonyl (C=O) groups excluding carboxylic acids is 2. The molecule has 0 unspecified atom stereocenters. The molecule has 1 aromatic heterocycles. The van der Waals surface area contributed by atoms with Crippen molar-refractivity contribution in [3.05, 3.63) is 130 Å². The molecule has 0 aliphatic heterocycles. The van der Waals surface area contributed by atoms with Crippen LogP contribution in [-0.2, 0) is 9.59 Å². The molecular weight excluding hydrogens is 652 g/mol. The van der Waals surface area contributed by atoms with E-state index in [1.165, 1.54) is 24.6 Å². The first kappa shape index (κ1) is 27.7. The van der Waals surface area contributed by atoms with E-state index in [2.05, 4.69) is 68.5 Å². The third-order valence-corrected chi connectivity index (χ3v) is 6.61. The Morgan fingerprint density at radius 3 is 1.49 bits per heavy atom. The van der Waals surface area contributed by atoms with Crippen LogP contribution in [0.25, 0.3) is 0 Å². The molecule has 41 heavy (non-hydrogen) atoms. The second-order valence-electron chi connectivity index (χ2n) is 8.48. The quantitative estimate of drug-likeness (QED) is 0.164. The molecule has 0 atom stereocenters. The highest BCUT2D eigenvalue weighted by Crippen LogP contribution is 2.32. The number of nitrogens with one attached hydrogen (secondary N) is 4. The Hall–Kier alpha value is -4.81. The number of ketones is 2. The summed E-state index contributed by atoms with van der Waals surface area (Å²) in [7, 11) is 0. The van der Waals surface area contributed by atoms with Crippen LogP contribution in [-0.4, -0.2) is 26.5 Å². The minimum absolute atomic E-state index is 0.148. The topological polar surface area (TPSA) is 124 Å². The van der Waals surface area contributed by atoms with E-state index in [1.54, 1.807) is 24.3 Å². The van der Waals surface area contributed by atoms with Crippen molar-refractivity contribution in [2.45, 2.75) is 0 Å². The van der Waals surface area contributed by atoms with E-state index in [-0.39, 0.29) is 23.5 Å². The molecule has 0 spiro atoms. The number of hydrogen-bond acceptors (Lipinski definition) is 10. The van der Waals surface area contributed by atoms with Crippen LogP contribution in [0.2, 0.25) is 0 Å². The standard InChI is InChI=1S/C29H22Br2N8O2/c30-21-11-13-25(40)19(15-21)17-32-37-27-34-28(38-33-18-20-16-22(31)12-14-26(20)41)36-29(35-27)39(23-7-3-1-4-8-23)24-9-5-2-6-10-24/h1-18,32-33H,(H2,34,35,36,37,38)/b19-17+,20-18+. The maximum absolute atomic E-state index is 12.2. The van der Waals surface area contributed by atoms with Crippen LogP contribution in [0, 0.1) is 0 Å². The van der Waals surface area contributed by atoms with Crippen molar-refractivity contribution in [3.63, 3.8) is 0 Å². The molecule has 0 saturated carbocycles. The molecule has 12 heteroatoms. The number of halogens is 2. The van der Waals surface area contributed by atoms with E-state index in [0.29, 0.717) is 17.1 Å². The molecule has 0 bridgehead atoms. The molecule has 2 aliphatic rings. The summed E-state index contributed by atoms with van der Waals surface area (Å²) < 4.78 is 1.55. The largest absolute Gasteiger partial charge is 0.305 e. The summed E-state index contributed by atoms with van der Waals surface area (Å²) in [6.07, 6.45) is 12.7. The van der Waals surface area contributed by atoms with Gasteiger partial charge in [-0.15, -0.1) is 0 Å². The summed E-state index contributed by atoms with van der Waals surface area (Å²) in [6.45, 7) is 0. The second-order valence-corrected chi connectivity index (χ2v) is 10.3. The molecule has 0 amide bonds. The number of hydrazine groups is 2. The number of benzene rings is 2. The average molecular weight is 674 g/mol. The number of para-hydroxylation sites is 2. The maximum atomic E-state index is 12.2. The molecule has 5 rings (SSSR count). The molecular formula is C29H22Br2N8O2. The minimum Gasteiger partial charge on any atom is -0.305 e. The number of carbonyl (C=O) groups is 2. The van der Waals surface area contributed by atoms with Crippen LogP contribution in [0.3, 0.4) is 0 Å². The van der Waals surface area contributed by atoms with Crippen molar-refractivity contribution in [1.82, 2.24) is 25.8 Å². The Balaban J connectivity index is 1.47. The van der Waals surface area contributed by atoms with Crippen molar-refractivity contribution in [3.8, 4) is 0 Å². The summed E-state index contributed by atoms with van der Waals surface area (Å²) in [4.78, 5) is 40.0. The van der Waals surface area contributed by atoms with Crippen molar-refractivity contribution < 1.29 is 9.59 Å². The molecule has 10 nitrogen and oxygen atoms in total.